The maximum absolute atomic E-state index is 11.1. The highest BCUT2D eigenvalue weighted by molar-refractivity contribution is 7.79. The van der Waals surface area contributed by atoms with Gasteiger partial charge in [-0.15, -0.1) is 4.91 Å². The predicted octanol–water partition coefficient (Wildman–Crippen LogP) is 3.24. The van der Waals surface area contributed by atoms with Crippen LogP contribution >= 0.6 is 7.92 Å². The van der Waals surface area contributed by atoms with Gasteiger partial charge in [-0.05, 0) is 27.9 Å². The Morgan fingerprint density at radius 2 is 1.33 bits per heavy atom. The van der Waals surface area contributed by atoms with Gasteiger partial charge in [-0.25, -0.2) is 0 Å². The van der Waals surface area contributed by atoms with Crippen LogP contribution in [0.1, 0.15) is 0 Å². The highest BCUT2D eigenvalue weighted by atomic mass is 31.1. The quantitative estimate of drug-likeness (QED) is 0.547. The van der Waals surface area contributed by atoms with Crippen molar-refractivity contribution in [2.75, 3.05) is 0 Å². The van der Waals surface area contributed by atoms with Crippen molar-refractivity contribution in [3.05, 3.63) is 83.9 Å². The van der Waals surface area contributed by atoms with Crippen molar-refractivity contribution >= 4 is 29.7 Å². The summed E-state index contributed by atoms with van der Waals surface area (Å²) in [6, 6.07) is 23.7. The lowest BCUT2D eigenvalue weighted by Crippen LogP contribution is -2.22. The van der Waals surface area contributed by atoms with E-state index in [4.69, 9.17) is 0 Å². The van der Waals surface area contributed by atoms with Gasteiger partial charge >= 0.3 is 0 Å². The molecule has 0 amide bonds. The zero-order valence-corrected chi connectivity index (χ0v) is 12.1. The van der Waals surface area contributed by atoms with E-state index in [1.807, 2.05) is 36.4 Å². The largest absolute Gasteiger partial charge is 0.253 e. The number of nitroso groups, excluding NO2 is 1. The number of nitrogens with zero attached hydrogens (tertiary/aromatic N) is 2. The zero-order chi connectivity index (χ0) is 14.5. The molecule has 102 valence electrons. The molecule has 0 fully saturated rings. The molecule has 0 saturated heterocycles. The van der Waals surface area contributed by atoms with Gasteiger partial charge in [-0.3, -0.25) is 4.98 Å². The summed E-state index contributed by atoms with van der Waals surface area (Å²) in [5.41, 5.74) is 1.16. The van der Waals surface area contributed by atoms with Crippen LogP contribution in [-0.4, -0.2) is 4.98 Å². The summed E-state index contributed by atoms with van der Waals surface area (Å²) in [6.07, 6.45) is 1.71. The smallest absolute Gasteiger partial charge is 0.134 e. The summed E-state index contributed by atoms with van der Waals surface area (Å²) in [4.78, 5) is 15.6. The number of hydrogen-bond acceptors (Lipinski definition) is 3. The number of aromatic nitrogens is 1. The van der Waals surface area contributed by atoms with Crippen molar-refractivity contribution in [3.63, 3.8) is 0 Å². The molecule has 21 heavy (non-hydrogen) atoms. The molecule has 0 aliphatic heterocycles. The van der Waals surface area contributed by atoms with Crippen molar-refractivity contribution in [2.24, 2.45) is 5.18 Å². The minimum absolute atomic E-state index is 0.413. The highest BCUT2D eigenvalue weighted by Crippen LogP contribution is 2.35. The van der Waals surface area contributed by atoms with E-state index in [9.17, 15) is 4.91 Å². The Bertz CT molecular complexity index is 693. The molecule has 0 saturated carbocycles. The van der Waals surface area contributed by atoms with E-state index in [0.717, 1.165) is 16.0 Å². The van der Waals surface area contributed by atoms with Crippen molar-refractivity contribution in [3.8, 4) is 0 Å². The maximum Gasteiger partial charge on any atom is 0.134 e. The molecule has 0 unspecified atom stereocenters. The molecule has 2 aromatic carbocycles. The SMILES string of the molecule is O=Nc1cccnc1P(c1ccccc1)c1ccccc1. The van der Waals surface area contributed by atoms with Gasteiger partial charge in [-0.2, -0.15) is 0 Å². The van der Waals surface area contributed by atoms with Gasteiger partial charge < -0.3 is 0 Å². The third kappa shape index (κ3) is 2.88. The van der Waals surface area contributed by atoms with E-state index in [0.29, 0.717) is 5.69 Å². The summed E-state index contributed by atoms with van der Waals surface area (Å²) < 4.78 is 0. The molecule has 0 spiro atoms. The molecule has 0 N–H and O–H groups in total. The lowest BCUT2D eigenvalue weighted by atomic mass is 10.4. The fourth-order valence-electron chi connectivity index (χ4n) is 2.18. The molecule has 4 heteroatoms. The van der Waals surface area contributed by atoms with Crippen molar-refractivity contribution in [1.82, 2.24) is 4.98 Å². The van der Waals surface area contributed by atoms with Gasteiger partial charge in [0.15, 0.2) is 0 Å². The van der Waals surface area contributed by atoms with Gasteiger partial charge in [0.1, 0.15) is 11.1 Å². The van der Waals surface area contributed by atoms with Gasteiger partial charge in [-0.1, -0.05) is 60.7 Å². The van der Waals surface area contributed by atoms with Gasteiger partial charge in [0.25, 0.3) is 0 Å². The molecule has 0 radical (unpaired) electrons. The minimum atomic E-state index is -0.877. The molecule has 0 aliphatic rings. The normalized spacial score (nSPS) is 10.5. The van der Waals surface area contributed by atoms with Crippen molar-refractivity contribution < 1.29 is 0 Å². The van der Waals surface area contributed by atoms with E-state index in [1.165, 1.54) is 0 Å². The first-order valence-electron chi connectivity index (χ1n) is 6.59. The first kappa shape index (κ1) is 13.6. The summed E-state index contributed by atoms with van der Waals surface area (Å²) in [6.45, 7) is 0. The lowest BCUT2D eigenvalue weighted by Gasteiger charge is -2.18. The van der Waals surface area contributed by atoms with Crippen LogP contribution in [0.2, 0.25) is 0 Å². The minimum Gasteiger partial charge on any atom is -0.253 e. The predicted molar refractivity (Wildman–Crippen MR) is 88.4 cm³/mol. The average molecular weight is 292 g/mol. The molecule has 1 aromatic heterocycles. The highest BCUT2D eigenvalue weighted by Gasteiger charge is 2.20. The standard InChI is InChI=1S/C17H13N2OP/c20-19-16-12-7-13-18-17(16)21(14-8-3-1-4-9-14)15-10-5-2-6-11-15/h1-13H. The van der Waals surface area contributed by atoms with Crippen LogP contribution in [0, 0.1) is 4.91 Å². The molecular formula is C17H13N2OP. The van der Waals surface area contributed by atoms with Gasteiger partial charge in [0, 0.05) is 14.1 Å². The summed E-state index contributed by atoms with van der Waals surface area (Å²) in [5, 5.41) is 5.46. The molecule has 0 aliphatic carbocycles. The molecule has 0 bridgehead atoms. The van der Waals surface area contributed by atoms with E-state index < -0.39 is 7.92 Å². The third-order valence-electron chi connectivity index (χ3n) is 3.11. The Morgan fingerprint density at radius 1 is 0.762 bits per heavy atom. The second-order valence-electron chi connectivity index (χ2n) is 4.44. The Hall–Kier alpha value is -2.38. The monoisotopic (exact) mass is 292 g/mol. The van der Waals surface area contributed by atoms with E-state index in [1.54, 1.807) is 18.3 Å². The van der Waals surface area contributed by atoms with Crippen LogP contribution in [0.3, 0.4) is 0 Å². The molecular weight excluding hydrogens is 279 g/mol. The zero-order valence-electron chi connectivity index (χ0n) is 11.3. The maximum atomic E-state index is 11.1. The number of benzene rings is 2. The Labute approximate surface area is 124 Å². The number of rotatable bonds is 4. The molecule has 0 atom stereocenters. The third-order valence-corrected chi connectivity index (χ3v) is 5.50. The van der Waals surface area contributed by atoms with Crippen LogP contribution in [0.15, 0.2) is 84.2 Å². The second-order valence-corrected chi connectivity index (χ2v) is 6.57. The lowest BCUT2D eigenvalue weighted by molar-refractivity contribution is 1.36. The van der Waals surface area contributed by atoms with Crippen molar-refractivity contribution in [2.45, 2.75) is 0 Å². The first-order valence-corrected chi connectivity index (χ1v) is 7.93. The summed E-state index contributed by atoms with van der Waals surface area (Å²) in [5.74, 6) is 0. The summed E-state index contributed by atoms with van der Waals surface area (Å²) in [7, 11) is -0.877. The second kappa shape index (κ2) is 6.38. The van der Waals surface area contributed by atoms with Gasteiger partial charge in [0.2, 0.25) is 0 Å². The fourth-order valence-corrected chi connectivity index (χ4v) is 4.43. The van der Waals surface area contributed by atoms with E-state index in [2.05, 4.69) is 34.4 Å². The van der Waals surface area contributed by atoms with Crippen LogP contribution in [0.5, 0.6) is 0 Å². The Balaban J connectivity index is 2.20. The van der Waals surface area contributed by atoms with Crippen LogP contribution in [0.25, 0.3) is 0 Å². The van der Waals surface area contributed by atoms with Crippen molar-refractivity contribution in [1.29, 1.82) is 0 Å². The van der Waals surface area contributed by atoms with E-state index >= 15 is 0 Å². The topological polar surface area (TPSA) is 42.3 Å². The number of pyridine rings is 1. The molecule has 3 aromatic rings. The fraction of sp³-hybridized carbons (Fsp3) is 0. The van der Waals surface area contributed by atoms with Gasteiger partial charge in [0.05, 0.1) is 0 Å². The Morgan fingerprint density at radius 3 is 1.86 bits per heavy atom. The summed E-state index contributed by atoms with van der Waals surface area (Å²) >= 11 is 0. The van der Waals surface area contributed by atoms with Crippen LogP contribution < -0.4 is 16.0 Å². The molecule has 3 nitrogen and oxygen atoms in total. The number of hydrogen-bond donors (Lipinski definition) is 0. The molecule has 3 rings (SSSR count). The average Bonchev–Trinajstić information content (AvgIpc) is 2.58. The Kier molecular flexibility index (Phi) is 4.13. The first-order chi connectivity index (χ1) is 10.4. The van der Waals surface area contributed by atoms with Crippen LogP contribution in [-0.2, 0) is 0 Å². The van der Waals surface area contributed by atoms with E-state index in [-0.39, 0.29) is 0 Å². The van der Waals surface area contributed by atoms with Crippen LogP contribution in [0.4, 0.5) is 5.69 Å². The molecule has 1 heterocycles.